The van der Waals surface area contributed by atoms with Gasteiger partial charge in [-0.05, 0) is 38.0 Å². The first-order valence-electron chi connectivity index (χ1n) is 4.01. The van der Waals surface area contributed by atoms with Gasteiger partial charge in [0.1, 0.15) is 0 Å². The van der Waals surface area contributed by atoms with E-state index in [0.717, 1.165) is 18.4 Å². The van der Waals surface area contributed by atoms with Crippen molar-refractivity contribution >= 4 is 0 Å². The maximum absolute atomic E-state index is 5.50. The molecule has 0 N–H and O–H groups in total. The van der Waals surface area contributed by atoms with Gasteiger partial charge in [0.05, 0.1) is 6.10 Å². The fourth-order valence-electron chi connectivity index (χ4n) is 2.03. The number of fused-ring (bicyclic) bond motifs is 1. The van der Waals surface area contributed by atoms with Gasteiger partial charge < -0.3 is 4.74 Å². The Morgan fingerprint density at radius 3 is 2.44 bits per heavy atom. The first kappa shape index (κ1) is 5.72. The van der Waals surface area contributed by atoms with Crippen molar-refractivity contribution in [2.75, 3.05) is 6.61 Å². The van der Waals surface area contributed by atoms with Crippen molar-refractivity contribution in [3.8, 4) is 0 Å². The second-order valence-corrected chi connectivity index (χ2v) is 3.30. The van der Waals surface area contributed by atoms with Crippen molar-refractivity contribution in [1.29, 1.82) is 0 Å². The van der Waals surface area contributed by atoms with Gasteiger partial charge in [-0.1, -0.05) is 0 Å². The standard InChI is InChI=1S/C8H14O/c1-2-9-8-4-6-3-7(6)5-8/h6-8H,2-5H2,1H3. The molecule has 0 heterocycles. The Hall–Kier alpha value is -0.0400. The Labute approximate surface area is 56.4 Å². The van der Waals surface area contributed by atoms with E-state index in [1.807, 2.05) is 0 Å². The number of rotatable bonds is 2. The third-order valence-corrected chi connectivity index (χ3v) is 2.60. The van der Waals surface area contributed by atoms with Gasteiger partial charge in [0, 0.05) is 6.61 Å². The molecule has 0 aromatic rings. The van der Waals surface area contributed by atoms with Crippen molar-refractivity contribution < 1.29 is 4.74 Å². The zero-order valence-corrected chi connectivity index (χ0v) is 5.97. The van der Waals surface area contributed by atoms with E-state index >= 15 is 0 Å². The van der Waals surface area contributed by atoms with Crippen molar-refractivity contribution in [3.63, 3.8) is 0 Å². The second-order valence-electron chi connectivity index (χ2n) is 3.30. The Morgan fingerprint density at radius 1 is 1.22 bits per heavy atom. The quantitative estimate of drug-likeness (QED) is 0.548. The van der Waals surface area contributed by atoms with Gasteiger partial charge in [0.15, 0.2) is 0 Å². The SMILES string of the molecule is CCOC1CC2CC2C1. The molecule has 2 aliphatic carbocycles. The fraction of sp³-hybridized carbons (Fsp3) is 1.00. The normalized spacial score (nSPS) is 47.0. The van der Waals surface area contributed by atoms with E-state index in [9.17, 15) is 0 Å². The van der Waals surface area contributed by atoms with Crippen LogP contribution < -0.4 is 0 Å². The first-order valence-corrected chi connectivity index (χ1v) is 4.01. The molecule has 2 fully saturated rings. The van der Waals surface area contributed by atoms with E-state index in [-0.39, 0.29) is 0 Å². The highest BCUT2D eigenvalue weighted by Gasteiger charge is 2.45. The van der Waals surface area contributed by atoms with Crippen molar-refractivity contribution in [3.05, 3.63) is 0 Å². The van der Waals surface area contributed by atoms with Gasteiger partial charge in [0.2, 0.25) is 0 Å². The summed E-state index contributed by atoms with van der Waals surface area (Å²) in [6.45, 7) is 2.99. The molecule has 2 unspecified atom stereocenters. The molecule has 2 aliphatic rings. The lowest BCUT2D eigenvalue weighted by molar-refractivity contribution is 0.0595. The average molecular weight is 126 g/mol. The van der Waals surface area contributed by atoms with E-state index in [1.165, 1.54) is 19.3 Å². The van der Waals surface area contributed by atoms with E-state index in [2.05, 4.69) is 6.92 Å². The third-order valence-electron chi connectivity index (χ3n) is 2.60. The van der Waals surface area contributed by atoms with Crippen molar-refractivity contribution in [2.45, 2.75) is 32.3 Å². The van der Waals surface area contributed by atoms with Crippen LogP contribution in [0.25, 0.3) is 0 Å². The molecule has 52 valence electrons. The van der Waals surface area contributed by atoms with Crippen molar-refractivity contribution in [2.24, 2.45) is 11.8 Å². The van der Waals surface area contributed by atoms with Crippen LogP contribution in [0.15, 0.2) is 0 Å². The molecule has 0 amide bonds. The highest BCUT2D eigenvalue weighted by atomic mass is 16.5. The van der Waals surface area contributed by atoms with Crippen LogP contribution >= 0.6 is 0 Å². The summed E-state index contributed by atoms with van der Waals surface area (Å²) in [6, 6.07) is 0. The number of ether oxygens (including phenoxy) is 1. The predicted molar refractivity (Wildman–Crippen MR) is 36.2 cm³/mol. The third kappa shape index (κ3) is 0.983. The molecule has 9 heavy (non-hydrogen) atoms. The monoisotopic (exact) mass is 126 g/mol. The van der Waals surface area contributed by atoms with Crippen molar-refractivity contribution in [1.82, 2.24) is 0 Å². The lowest BCUT2D eigenvalue weighted by atomic mass is 10.2. The van der Waals surface area contributed by atoms with Crippen LogP contribution in [0.4, 0.5) is 0 Å². The van der Waals surface area contributed by atoms with Gasteiger partial charge in [-0.15, -0.1) is 0 Å². The summed E-state index contributed by atoms with van der Waals surface area (Å²) in [5.41, 5.74) is 0. The summed E-state index contributed by atoms with van der Waals surface area (Å²) >= 11 is 0. The molecule has 2 atom stereocenters. The summed E-state index contributed by atoms with van der Waals surface area (Å²) in [5, 5.41) is 0. The molecule has 0 spiro atoms. The van der Waals surface area contributed by atoms with E-state index in [4.69, 9.17) is 4.74 Å². The number of hydrogen-bond donors (Lipinski definition) is 0. The topological polar surface area (TPSA) is 9.23 Å². The Balaban J connectivity index is 1.77. The van der Waals surface area contributed by atoms with Crippen LogP contribution in [-0.4, -0.2) is 12.7 Å². The van der Waals surface area contributed by atoms with E-state index in [0.29, 0.717) is 6.10 Å². The van der Waals surface area contributed by atoms with E-state index < -0.39 is 0 Å². The summed E-state index contributed by atoms with van der Waals surface area (Å²) in [6.07, 6.45) is 4.86. The predicted octanol–water partition coefficient (Wildman–Crippen LogP) is 1.82. The smallest absolute Gasteiger partial charge is 0.0580 e. The molecular weight excluding hydrogens is 112 g/mol. The minimum atomic E-state index is 0.638. The minimum Gasteiger partial charge on any atom is -0.378 e. The minimum absolute atomic E-state index is 0.638. The highest BCUT2D eigenvalue weighted by Crippen LogP contribution is 2.52. The molecule has 0 radical (unpaired) electrons. The van der Waals surface area contributed by atoms with Gasteiger partial charge in [-0.25, -0.2) is 0 Å². The molecule has 0 bridgehead atoms. The zero-order valence-electron chi connectivity index (χ0n) is 5.97. The Bertz CT molecular complexity index is 101. The van der Waals surface area contributed by atoms with Crippen LogP contribution in [0.2, 0.25) is 0 Å². The highest BCUT2D eigenvalue weighted by molar-refractivity contribution is 4.96. The number of hydrogen-bond acceptors (Lipinski definition) is 1. The summed E-state index contributed by atoms with van der Waals surface area (Å²) in [7, 11) is 0. The molecule has 0 aromatic carbocycles. The van der Waals surface area contributed by atoms with Gasteiger partial charge in [-0.3, -0.25) is 0 Å². The summed E-state index contributed by atoms with van der Waals surface area (Å²) in [4.78, 5) is 0. The largest absolute Gasteiger partial charge is 0.378 e. The lowest BCUT2D eigenvalue weighted by Crippen LogP contribution is -2.09. The zero-order chi connectivity index (χ0) is 6.27. The lowest BCUT2D eigenvalue weighted by Gasteiger charge is -2.10. The van der Waals surface area contributed by atoms with Crippen LogP contribution in [0.1, 0.15) is 26.2 Å². The van der Waals surface area contributed by atoms with Crippen LogP contribution in [0.3, 0.4) is 0 Å². The Kier molecular flexibility index (Phi) is 1.26. The molecule has 0 saturated heterocycles. The van der Waals surface area contributed by atoms with Gasteiger partial charge in [0.25, 0.3) is 0 Å². The Morgan fingerprint density at radius 2 is 1.89 bits per heavy atom. The van der Waals surface area contributed by atoms with Gasteiger partial charge in [-0.2, -0.15) is 0 Å². The molecular formula is C8H14O. The summed E-state index contributed by atoms with van der Waals surface area (Å²) in [5.74, 6) is 2.14. The molecule has 2 saturated carbocycles. The fourth-order valence-corrected chi connectivity index (χ4v) is 2.03. The van der Waals surface area contributed by atoms with Crippen LogP contribution in [0, 0.1) is 11.8 Å². The molecule has 1 heteroatoms. The maximum atomic E-state index is 5.50. The molecule has 1 nitrogen and oxygen atoms in total. The molecule has 2 rings (SSSR count). The second kappa shape index (κ2) is 1.98. The van der Waals surface area contributed by atoms with Crippen LogP contribution in [-0.2, 0) is 4.74 Å². The average Bonchev–Trinajstić information content (AvgIpc) is 2.42. The van der Waals surface area contributed by atoms with Gasteiger partial charge >= 0.3 is 0 Å². The van der Waals surface area contributed by atoms with E-state index in [1.54, 1.807) is 0 Å². The molecule has 0 aliphatic heterocycles. The summed E-state index contributed by atoms with van der Waals surface area (Å²) < 4.78 is 5.50. The first-order chi connectivity index (χ1) is 4.40. The molecule has 0 aromatic heterocycles. The van der Waals surface area contributed by atoms with Crippen LogP contribution in [0.5, 0.6) is 0 Å². The maximum Gasteiger partial charge on any atom is 0.0580 e.